The maximum atomic E-state index is 12.1. The number of methoxy groups -OCH3 is 2. The van der Waals surface area contributed by atoms with E-state index in [-0.39, 0.29) is 17.9 Å². The molecule has 6 nitrogen and oxygen atoms in total. The monoisotopic (exact) mass is 295 g/mol. The Balaban J connectivity index is 1.91. The summed E-state index contributed by atoms with van der Waals surface area (Å²) in [5.74, 6) is 0.238. The van der Waals surface area contributed by atoms with Crippen LogP contribution >= 0.6 is 0 Å². The molecule has 1 amide bonds. The standard InChI is InChI=1S/C15H21NO5/c1-19-12-5-3-4-10(6-12)15(18)16-7-11-8-21-9-13(20-2)14(11)17/h3-6,11,13-14,17H,7-9H2,1-2H3,(H,16,18)/t11-,13-,14+/m1/s1. The van der Waals surface area contributed by atoms with Gasteiger partial charge in [0.2, 0.25) is 0 Å². The molecule has 1 aliphatic rings. The van der Waals surface area contributed by atoms with E-state index in [1.54, 1.807) is 31.4 Å². The summed E-state index contributed by atoms with van der Waals surface area (Å²) < 4.78 is 15.6. The molecule has 1 aliphatic heterocycles. The molecule has 0 unspecified atom stereocenters. The number of hydrogen-bond donors (Lipinski definition) is 2. The molecule has 21 heavy (non-hydrogen) atoms. The van der Waals surface area contributed by atoms with Gasteiger partial charge in [-0.3, -0.25) is 4.79 Å². The van der Waals surface area contributed by atoms with Gasteiger partial charge in [-0.1, -0.05) is 6.07 Å². The molecule has 1 saturated heterocycles. The second kappa shape index (κ2) is 7.40. The van der Waals surface area contributed by atoms with Gasteiger partial charge in [-0.25, -0.2) is 0 Å². The van der Waals surface area contributed by atoms with E-state index in [1.807, 2.05) is 0 Å². The highest BCUT2D eigenvalue weighted by Gasteiger charge is 2.32. The van der Waals surface area contributed by atoms with Crippen molar-refractivity contribution in [3.63, 3.8) is 0 Å². The normalized spacial score (nSPS) is 25.4. The highest BCUT2D eigenvalue weighted by atomic mass is 16.5. The van der Waals surface area contributed by atoms with Gasteiger partial charge < -0.3 is 24.6 Å². The molecule has 116 valence electrons. The van der Waals surface area contributed by atoms with Gasteiger partial charge in [0, 0.05) is 25.1 Å². The summed E-state index contributed by atoms with van der Waals surface area (Å²) >= 11 is 0. The zero-order valence-corrected chi connectivity index (χ0v) is 12.2. The molecule has 1 heterocycles. The van der Waals surface area contributed by atoms with Crippen molar-refractivity contribution in [3.05, 3.63) is 29.8 Å². The summed E-state index contributed by atoms with van der Waals surface area (Å²) in [6.45, 7) is 1.11. The molecule has 0 aliphatic carbocycles. The SMILES string of the molecule is COc1cccc(C(=O)NC[C@@H]2COC[C@@H](OC)[C@H]2O)c1. The third-order valence-electron chi connectivity index (χ3n) is 3.64. The lowest BCUT2D eigenvalue weighted by Gasteiger charge is -2.33. The third kappa shape index (κ3) is 3.93. The van der Waals surface area contributed by atoms with Gasteiger partial charge in [0.15, 0.2) is 0 Å². The predicted octanol–water partition coefficient (Wildman–Crippen LogP) is 0.447. The molecule has 0 saturated carbocycles. The quantitative estimate of drug-likeness (QED) is 0.824. The highest BCUT2D eigenvalue weighted by molar-refractivity contribution is 5.94. The first kappa shape index (κ1) is 15.8. The zero-order valence-electron chi connectivity index (χ0n) is 12.2. The molecule has 1 fully saturated rings. The fourth-order valence-corrected chi connectivity index (χ4v) is 2.31. The lowest BCUT2D eigenvalue weighted by atomic mass is 9.96. The predicted molar refractivity (Wildman–Crippen MR) is 76.4 cm³/mol. The van der Waals surface area contributed by atoms with Crippen LogP contribution in [0.25, 0.3) is 0 Å². The van der Waals surface area contributed by atoms with Gasteiger partial charge in [-0.05, 0) is 18.2 Å². The second-order valence-corrected chi connectivity index (χ2v) is 5.00. The first-order valence-corrected chi connectivity index (χ1v) is 6.86. The zero-order chi connectivity index (χ0) is 15.2. The van der Waals surface area contributed by atoms with Crippen molar-refractivity contribution in [1.29, 1.82) is 0 Å². The van der Waals surface area contributed by atoms with Crippen molar-refractivity contribution in [1.82, 2.24) is 5.32 Å². The Kier molecular flexibility index (Phi) is 5.55. The van der Waals surface area contributed by atoms with E-state index in [1.165, 1.54) is 7.11 Å². The molecule has 1 aromatic rings. The van der Waals surface area contributed by atoms with Crippen LogP contribution in [0.4, 0.5) is 0 Å². The molecule has 2 rings (SSSR count). The van der Waals surface area contributed by atoms with E-state index in [9.17, 15) is 9.90 Å². The number of aliphatic hydroxyl groups excluding tert-OH is 1. The molecule has 0 spiro atoms. The van der Waals surface area contributed by atoms with Crippen molar-refractivity contribution in [3.8, 4) is 5.75 Å². The number of benzene rings is 1. The molecule has 6 heteroatoms. The van der Waals surface area contributed by atoms with Gasteiger partial charge in [-0.2, -0.15) is 0 Å². The maximum absolute atomic E-state index is 12.1. The molecule has 0 bridgehead atoms. The topological polar surface area (TPSA) is 77.0 Å². The van der Waals surface area contributed by atoms with Crippen LogP contribution in [0.2, 0.25) is 0 Å². The summed E-state index contributed by atoms with van der Waals surface area (Å²) in [5.41, 5.74) is 0.517. The fourth-order valence-electron chi connectivity index (χ4n) is 2.31. The number of carbonyl (C=O) groups is 1. The average Bonchev–Trinajstić information content (AvgIpc) is 2.53. The van der Waals surface area contributed by atoms with Crippen molar-refractivity contribution >= 4 is 5.91 Å². The molecular weight excluding hydrogens is 274 g/mol. The number of rotatable bonds is 5. The molecule has 0 aromatic heterocycles. The largest absolute Gasteiger partial charge is 0.497 e. The van der Waals surface area contributed by atoms with E-state index in [0.29, 0.717) is 31.1 Å². The van der Waals surface area contributed by atoms with E-state index in [0.717, 1.165) is 0 Å². The van der Waals surface area contributed by atoms with E-state index in [4.69, 9.17) is 14.2 Å². The molecule has 0 radical (unpaired) electrons. The molecule has 3 atom stereocenters. The molecule has 1 aromatic carbocycles. The van der Waals surface area contributed by atoms with Crippen LogP contribution in [-0.2, 0) is 9.47 Å². The first-order valence-electron chi connectivity index (χ1n) is 6.86. The number of nitrogens with one attached hydrogen (secondary N) is 1. The van der Waals surface area contributed by atoms with Crippen molar-refractivity contribution < 1.29 is 24.1 Å². The van der Waals surface area contributed by atoms with Crippen LogP contribution in [0.15, 0.2) is 24.3 Å². The van der Waals surface area contributed by atoms with Crippen LogP contribution in [0, 0.1) is 5.92 Å². The van der Waals surface area contributed by atoms with Gasteiger partial charge >= 0.3 is 0 Å². The average molecular weight is 295 g/mol. The van der Waals surface area contributed by atoms with Crippen LogP contribution in [0.1, 0.15) is 10.4 Å². The fraction of sp³-hybridized carbons (Fsp3) is 0.533. The van der Waals surface area contributed by atoms with Crippen LogP contribution in [0.5, 0.6) is 5.75 Å². The minimum absolute atomic E-state index is 0.182. The van der Waals surface area contributed by atoms with Gasteiger partial charge in [-0.15, -0.1) is 0 Å². The Hall–Kier alpha value is -1.63. The van der Waals surface area contributed by atoms with Crippen molar-refractivity contribution in [2.45, 2.75) is 12.2 Å². The summed E-state index contributed by atoms with van der Waals surface area (Å²) in [4.78, 5) is 12.1. The maximum Gasteiger partial charge on any atom is 0.251 e. The van der Waals surface area contributed by atoms with Crippen LogP contribution in [0.3, 0.4) is 0 Å². The molecular formula is C15H21NO5. The lowest BCUT2D eigenvalue weighted by Crippen LogP contribution is -2.49. The van der Waals surface area contributed by atoms with Gasteiger partial charge in [0.25, 0.3) is 5.91 Å². The molecule has 2 N–H and O–H groups in total. The minimum Gasteiger partial charge on any atom is -0.497 e. The first-order chi connectivity index (χ1) is 10.2. The number of aliphatic hydroxyl groups is 1. The highest BCUT2D eigenvalue weighted by Crippen LogP contribution is 2.17. The Morgan fingerprint density at radius 2 is 2.24 bits per heavy atom. The van der Waals surface area contributed by atoms with Crippen LogP contribution < -0.4 is 10.1 Å². The van der Waals surface area contributed by atoms with E-state index < -0.39 is 6.10 Å². The van der Waals surface area contributed by atoms with Crippen LogP contribution in [-0.4, -0.2) is 57.2 Å². The van der Waals surface area contributed by atoms with Crippen molar-refractivity contribution in [2.24, 2.45) is 5.92 Å². The lowest BCUT2D eigenvalue weighted by molar-refractivity contribution is -0.132. The van der Waals surface area contributed by atoms with E-state index >= 15 is 0 Å². The second-order valence-electron chi connectivity index (χ2n) is 5.00. The summed E-state index contributed by atoms with van der Waals surface area (Å²) in [6, 6.07) is 6.91. The van der Waals surface area contributed by atoms with Gasteiger partial charge in [0.1, 0.15) is 11.9 Å². The Morgan fingerprint density at radius 3 is 2.95 bits per heavy atom. The number of amides is 1. The number of hydrogen-bond acceptors (Lipinski definition) is 5. The summed E-state index contributed by atoms with van der Waals surface area (Å²) in [5, 5.41) is 12.9. The number of ether oxygens (including phenoxy) is 3. The Labute approximate surface area is 124 Å². The van der Waals surface area contributed by atoms with E-state index in [2.05, 4.69) is 5.32 Å². The van der Waals surface area contributed by atoms with Gasteiger partial charge in [0.05, 0.1) is 26.4 Å². The Morgan fingerprint density at radius 1 is 1.43 bits per heavy atom. The smallest absolute Gasteiger partial charge is 0.251 e. The summed E-state index contributed by atoms with van der Waals surface area (Å²) in [6.07, 6.45) is -0.994. The summed E-state index contributed by atoms with van der Waals surface area (Å²) in [7, 11) is 3.09. The Bertz CT molecular complexity index is 479. The third-order valence-corrected chi connectivity index (χ3v) is 3.64. The minimum atomic E-state index is -0.644. The van der Waals surface area contributed by atoms with Crippen molar-refractivity contribution in [2.75, 3.05) is 34.0 Å². The number of carbonyl (C=O) groups excluding carboxylic acids is 1.